The highest BCUT2D eigenvalue weighted by molar-refractivity contribution is 5.92. The van der Waals surface area contributed by atoms with Gasteiger partial charge < -0.3 is 195 Å². The first-order valence-corrected chi connectivity index (χ1v) is 37.2. The normalized spacial score (nSPS) is 30.2. The number of phenolic OH excluding ortho intramolecular Hbond substituents is 15. The van der Waals surface area contributed by atoms with E-state index in [0.29, 0.717) is 36.4 Å². The van der Waals surface area contributed by atoms with Crippen molar-refractivity contribution in [2.75, 3.05) is 26.9 Å². The number of carboxylic acids is 1. The molecule has 662 valence electrons. The number of aromatic hydroxyl groups is 15. The van der Waals surface area contributed by atoms with Crippen LogP contribution in [0.1, 0.15) is 98.6 Å². The Morgan fingerprint density at radius 1 is 0.451 bits per heavy atom. The molecule has 6 aromatic carbocycles. The molecule has 21 unspecified atom stereocenters. The first-order valence-electron chi connectivity index (χ1n) is 37.2. The quantitative estimate of drug-likeness (QED) is 0.0225. The molecule has 6 aliphatic rings. The second-order valence-corrected chi connectivity index (χ2v) is 29.6. The molecule has 0 aliphatic carbocycles. The van der Waals surface area contributed by atoms with Gasteiger partial charge in [-0.25, -0.2) is 14.4 Å². The largest absolute Gasteiger partial charge is 0.508 e. The summed E-state index contributed by atoms with van der Waals surface area (Å²) in [5.74, 6) is -26.7. The number of rotatable bonds is 23. The molecule has 3 amide bonds. The number of carbonyl (C=O) groups excluding carboxylic acids is 5. The Balaban J connectivity index is 1.03. The molecule has 0 bridgehead atoms. The lowest BCUT2D eigenvalue weighted by atomic mass is 9.82. The van der Waals surface area contributed by atoms with E-state index >= 15 is 4.79 Å². The fourth-order valence-corrected chi connectivity index (χ4v) is 15.5. The van der Waals surface area contributed by atoms with Gasteiger partial charge in [-0.05, 0) is 62.4 Å². The maximum Gasteiger partial charge on any atom is 0.338 e. The zero-order valence-electron chi connectivity index (χ0n) is 64.3. The van der Waals surface area contributed by atoms with Crippen LogP contribution in [0.2, 0.25) is 0 Å². The molecular formula is C77H87N3O42. The topological polar surface area (TPSA) is 735 Å². The van der Waals surface area contributed by atoms with E-state index in [1.807, 2.05) is 0 Å². The lowest BCUT2D eigenvalue weighted by Gasteiger charge is -2.50. The first-order chi connectivity index (χ1) is 57.6. The molecule has 0 saturated carbocycles. The Morgan fingerprint density at radius 2 is 0.836 bits per heavy atom. The summed E-state index contributed by atoms with van der Waals surface area (Å²) in [6, 6.07) is 4.01. The van der Waals surface area contributed by atoms with Crippen molar-refractivity contribution >= 4 is 35.6 Å². The molecule has 12 rings (SSSR count). The smallest absolute Gasteiger partial charge is 0.338 e. The van der Waals surface area contributed by atoms with Gasteiger partial charge in [-0.1, -0.05) is 0 Å². The Hall–Kier alpha value is -11.9. The number of carbonyl (C=O) groups is 6. The molecule has 45 nitrogen and oxygen atoms in total. The molecule has 45 heteroatoms. The van der Waals surface area contributed by atoms with Gasteiger partial charge in [-0.15, -0.1) is 0 Å². The molecule has 6 aliphatic heterocycles. The van der Waals surface area contributed by atoms with Gasteiger partial charge in [0.2, 0.25) is 11.8 Å². The second kappa shape index (κ2) is 35.7. The van der Waals surface area contributed by atoms with Crippen LogP contribution in [-0.4, -0.2) is 320 Å². The van der Waals surface area contributed by atoms with E-state index in [9.17, 15) is 147 Å². The van der Waals surface area contributed by atoms with Crippen molar-refractivity contribution in [3.05, 3.63) is 111 Å². The van der Waals surface area contributed by atoms with Crippen molar-refractivity contribution in [2.24, 2.45) is 0 Å². The minimum absolute atomic E-state index is 0.134. The number of aliphatic carboxylic acids is 1. The molecule has 122 heavy (non-hydrogen) atoms. The van der Waals surface area contributed by atoms with Gasteiger partial charge in [-0.3, -0.25) is 14.4 Å². The summed E-state index contributed by atoms with van der Waals surface area (Å²) in [6.45, 7) is 1.16. The highest BCUT2D eigenvalue weighted by atomic mass is 16.8. The molecular weight excluding hydrogens is 1640 g/mol. The van der Waals surface area contributed by atoms with Crippen LogP contribution in [0, 0.1) is 6.92 Å². The van der Waals surface area contributed by atoms with E-state index in [4.69, 9.17) is 56.8 Å². The average molecular weight is 1730 g/mol. The second-order valence-electron chi connectivity index (χ2n) is 29.6. The maximum atomic E-state index is 16.2. The lowest BCUT2D eigenvalue weighted by Crippen LogP contribution is -2.71. The van der Waals surface area contributed by atoms with Crippen molar-refractivity contribution in [2.45, 2.75) is 193 Å². The molecule has 4 fully saturated rings. The summed E-state index contributed by atoms with van der Waals surface area (Å²) in [7, 11) is 0.968. The van der Waals surface area contributed by atoms with Crippen molar-refractivity contribution in [1.82, 2.24) is 16.0 Å². The molecule has 4 saturated heterocycles. The van der Waals surface area contributed by atoms with Crippen molar-refractivity contribution in [1.29, 1.82) is 0 Å². The molecule has 0 spiro atoms. The molecule has 6 aromatic rings. The van der Waals surface area contributed by atoms with E-state index in [1.165, 1.54) is 13.8 Å². The number of phenols is 15. The zero-order chi connectivity index (χ0) is 89.1. The van der Waals surface area contributed by atoms with Gasteiger partial charge in [0.15, 0.2) is 95.0 Å². The van der Waals surface area contributed by atoms with E-state index < -0.39 is 358 Å². The van der Waals surface area contributed by atoms with Crippen LogP contribution in [0.4, 0.5) is 0 Å². The number of aliphatic hydroxyl groups is 8. The zero-order valence-corrected chi connectivity index (χ0v) is 64.3. The Labute approximate surface area is 686 Å². The van der Waals surface area contributed by atoms with Crippen LogP contribution in [-0.2, 0) is 79.4 Å². The highest BCUT2D eigenvalue weighted by Crippen LogP contribution is 2.57. The highest BCUT2D eigenvalue weighted by Gasteiger charge is 2.59. The number of nitrogens with one attached hydrogen (secondary N) is 3. The lowest BCUT2D eigenvalue weighted by molar-refractivity contribution is -0.365. The van der Waals surface area contributed by atoms with Crippen LogP contribution in [0.15, 0.2) is 60.7 Å². The van der Waals surface area contributed by atoms with E-state index in [1.54, 1.807) is 0 Å². The van der Waals surface area contributed by atoms with Gasteiger partial charge in [-0.2, -0.15) is 0 Å². The number of hydrogen-bond donors (Lipinski definition) is 27. The van der Waals surface area contributed by atoms with Gasteiger partial charge in [0, 0.05) is 97.3 Å². The third kappa shape index (κ3) is 17.4. The monoisotopic (exact) mass is 1730 g/mol. The Morgan fingerprint density at radius 3 is 1.25 bits per heavy atom. The number of methoxy groups -OCH3 is 1. The van der Waals surface area contributed by atoms with Gasteiger partial charge >= 0.3 is 17.9 Å². The number of carboxylic acid groups (broad SMARTS) is 1. The van der Waals surface area contributed by atoms with Crippen LogP contribution in [0.5, 0.6) is 97.7 Å². The van der Waals surface area contributed by atoms with Crippen LogP contribution in [0.25, 0.3) is 0 Å². The summed E-state index contributed by atoms with van der Waals surface area (Å²) in [5.41, 5.74) is -4.62. The first kappa shape index (κ1) is 89.4. The summed E-state index contributed by atoms with van der Waals surface area (Å²) >= 11 is 0. The predicted molar refractivity (Wildman–Crippen MR) is 395 cm³/mol. The molecule has 0 radical (unpaired) electrons. The number of esters is 2. The predicted octanol–water partition coefficient (Wildman–Crippen LogP) is -2.99. The number of benzene rings is 6. The number of fused-ring (bicyclic) bond motifs is 2. The third-order valence-electron chi connectivity index (χ3n) is 21.6. The van der Waals surface area contributed by atoms with Crippen LogP contribution in [0.3, 0.4) is 0 Å². The van der Waals surface area contributed by atoms with Crippen LogP contribution < -0.4 is 25.4 Å². The fraction of sp³-hybridized carbons (Fsp3) is 0.455. The van der Waals surface area contributed by atoms with Crippen LogP contribution >= 0.6 is 0 Å². The standard InChI is InChI=1S/C77H87N3O42/c1-21-32(85)6-25(7-33(21)86)61-44(113-73(109)27-10-40(93)53(98)41(94)11-27)14-29-34(87)16-36(89)48(63(29)116-61)31(49-37(90)17-35(88)30-15-45(114-74(110)28-12-42(95)54(99)43(96)13-28)62(117-64(30)49)26-8-38(91)52(97)39(92)9-26)18-78-71(106)69-68(58(103)60(105)76(121-69)118-65-50(79-23(3)83)22(2)112-46(19-81)55(65)100)120-75-51(80-24(4)84)66(56(101)47(20-82)115-75)119-77-59(104)57(102)67(111-5)70(122-77)72(107)108/h6-13,16-17,22,31,44-47,50-51,55-62,65-70,75-77,81-82,85-105H,14-15,18-20H2,1-5H3,(H,78,106)(H,79,83)(H,80,84)(H,107,108)/t22?,31?,44-,45-,46?,47?,50?,51?,55?,56?,57?,58?,59?,60?,61-,62-,65?,66?,67?,68?,69?,70?,75?,76?,77?/m1/s1. The fourth-order valence-electron chi connectivity index (χ4n) is 15.5. The summed E-state index contributed by atoms with van der Waals surface area (Å²) in [6.07, 6.45) is -48.1. The maximum absolute atomic E-state index is 16.2. The minimum atomic E-state index is -2.67. The summed E-state index contributed by atoms with van der Waals surface area (Å²) in [5, 5.41) is 277. The molecule has 0 aromatic heterocycles. The summed E-state index contributed by atoms with van der Waals surface area (Å²) < 4.78 is 72.4. The Kier molecular flexibility index (Phi) is 26.1. The van der Waals surface area contributed by atoms with Crippen molar-refractivity contribution in [3.63, 3.8) is 0 Å². The molecule has 27 N–H and O–H groups in total. The third-order valence-corrected chi connectivity index (χ3v) is 21.6. The van der Waals surface area contributed by atoms with Gasteiger partial charge in [0.05, 0.1) is 36.5 Å². The Bertz CT molecular complexity index is 4690. The number of amides is 3. The van der Waals surface area contributed by atoms with Gasteiger partial charge in [0.1, 0.15) is 137 Å². The van der Waals surface area contributed by atoms with Gasteiger partial charge in [0.25, 0.3) is 5.91 Å². The molecule has 6 heterocycles. The van der Waals surface area contributed by atoms with Crippen molar-refractivity contribution in [3.8, 4) is 97.7 Å². The number of hydrogen-bond acceptors (Lipinski definition) is 41. The number of aliphatic hydroxyl groups excluding tert-OH is 8. The SMILES string of the molecule is COC1C(C(=O)O)OC(OC2C(O)C(CO)OC(OC3C(C(=O)NCC(c4c(O)cc(O)c5c4O[C@H](c4cc(O)c(C)c(O)c4)[C@H](OC(=O)c4cc(O)c(O)c(O)c4)C5)c4c(O)cc(O)c5c4O[C@H](c4cc(O)c(O)c(O)c4)[C@H](OC(=O)c4cc(O)c(O)c(O)c4)C5)OC(OC4C(O)C(CO)OC(C)C4NC(C)=O)C(O)C3O)C2NC(C)=O)C(O)C1O. The average Bonchev–Trinajstić information content (AvgIpc) is 0.727. The van der Waals surface area contributed by atoms with E-state index in [-0.39, 0.29) is 11.1 Å². The van der Waals surface area contributed by atoms with E-state index in [0.717, 1.165) is 45.2 Å². The van der Waals surface area contributed by atoms with E-state index in [2.05, 4.69) is 16.0 Å². The number of ether oxygens (including phenoxy) is 12. The minimum Gasteiger partial charge on any atom is -0.508 e. The molecule has 25 atom stereocenters. The summed E-state index contributed by atoms with van der Waals surface area (Å²) in [4.78, 5) is 83.4. The van der Waals surface area contributed by atoms with Crippen molar-refractivity contribution < 1.29 is 208 Å².